The molecule has 0 atom stereocenters. The smallest absolute Gasteiger partial charge is 0.355 e. The SMILES string of the molecule is COC(=O)C1=C(C(=O)OC)N(c2cccc(NC(=O)c3ccc(C(C)(C)C)cc3)c2)C=CC=C1. The minimum atomic E-state index is -0.704. The second-order valence-electron chi connectivity index (χ2n) is 8.65. The molecule has 176 valence electrons. The number of ether oxygens (including phenoxy) is 2. The molecule has 1 amide bonds. The highest BCUT2D eigenvalue weighted by Gasteiger charge is 2.27. The maximum Gasteiger partial charge on any atom is 0.355 e. The summed E-state index contributed by atoms with van der Waals surface area (Å²) >= 11 is 0. The van der Waals surface area contributed by atoms with E-state index in [2.05, 4.69) is 26.1 Å². The van der Waals surface area contributed by atoms with Crippen LogP contribution < -0.4 is 10.2 Å². The number of hydrogen-bond acceptors (Lipinski definition) is 6. The molecule has 1 heterocycles. The van der Waals surface area contributed by atoms with Gasteiger partial charge >= 0.3 is 11.9 Å². The van der Waals surface area contributed by atoms with Crippen molar-refractivity contribution in [1.82, 2.24) is 0 Å². The van der Waals surface area contributed by atoms with E-state index in [-0.39, 0.29) is 22.6 Å². The molecular weight excluding hydrogens is 432 g/mol. The molecule has 34 heavy (non-hydrogen) atoms. The molecule has 7 heteroatoms. The third-order valence-electron chi connectivity index (χ3n) is 5.28. The van der Waals surface area contributed by atoms with E-state index >= 15 is 0 Å². The molecular formula is C27H28N2O5. The number of allylic oxidation sites excluding steroid dienone is 2. The summed E-state index contributed by atoms with van der Waals surface area (Å²) in [6, 6.07) is 14.4. The van der Waals surface area contributed by atoms with Gasteiger partial charge in [0.15, 0.2) is 0 Å². The third-order valence-corrected chi connectivity index (χ3v) is 5.28. The second kappa shape index (κ2) is 10.2. The Kier molecular flexibility index (Phi) is 7.36. The van der Waals surface area contributed by atoms with Crippen molar-refractivity contribution in [3.8, 4) is 0 Å². The van der Waals surface area contributed by atoms with Crippen molar-refractivity contribution in [3.05, 3.63) is 95.4 Å². The predicted molar refractivity (Wildman–Crippen MR) is 131 cm³/mol. The zero-order valence-electron chi connectivity index (χ0n) is 19.9. The molecule has 0 radical (unpaired) electrons. The van der Waals surface area contributed by atoms with E-state index in [0.29, 0.717) is 16.9 Å². The molecule has 1 aliphatic rings. The van der Waals surface area contributed by atoms with Gasteiger partial charge in [-0.3, -0.25) is 4.79 Å². The molecule has 0 bridgehead atoms. The maximum atomic E-state index is 12.8. The number of nitrogens with one attached hydrogen (secondary N) is 1. The molecule has 0 saturated carbocycles. The molecule has 2 aromatic carbocycles. The van der Waals surface area contributed by atoms with Gasteiger partial charge in [0.25, 0.3) is 5.91 Å². The van der Waals surface area contributed by atoms with E-state index in [0.717, 1.165) is 5.56 Å². The first-order chi connectivity index (χ1) is 16.2. The van der Waals surface area contributed by atoms with Crippen LogP contribution in [0.25, 0.3) is 0 Å². The van der Waals surface area contributed by atoms with Crippen LogP contribution in [0.15, 0.2) is 84.2 Å². The van der Waals surface area contributed by atoms with Crippen molar-refractivity contribution in [3.63, 3.8) is 0 Å². The topological polar surface area (TPSA) is 84.9 Å². The van der Waals surface area contributed by atoms with E-state index in [9.17, 15) is 14.4 Å². The zero-order chi connectivity index (χ0) is 24.9. The number of methoxy groups -OCH3 is 2. The van der Waals surface area contributed by atoms with Crippen LogP contribution in [-0.2, 0) is 24.5 Å². The van der Waals surface area contributed by atoms with E-state index in [1.165, 1.54) is 25.2 Å². The summed E-state index contributed by atoms with van der Waals surface area (Å²) in [5.41, 5.74) is 2.77. The van der Waals surface area contributed by atoms with Crippen molar-refractivity contribution in [2.45, 2.75) is 26.2 Å². The van der Waals surface area contributed by atoms with Crippen LogP contribution in [0.4, 0.5) is 11.4 Å². The fourth-order valence-electron chi connectivity index (χ4n) is 3.42. The van der Waals surface area contributed by atoms with Gasteiger partial charge in [0.2, 0.25) is 0 Å². The van der Waals surface area contributed by atoms with Gasteiger partial charge in [-0.15, -0.1) is 0 Å². The van der Waals surface area contributed by atoms with Crippen LogP contribution in [0, 0.1) is 0 Å². The lowest BCUT2D eigenvalue weighted by Crippen LogP contribution is -2.27. The second-order valence-corrected chi connectivity index (χ2v) is 8.65. The first kappa shape index (κ1) is 24.5. The number of hydrogen-bond donors (Lipinski definition) is 1. The summed E-state index contributed by atoms with van der Waals surface area (Å²) in [4.78, 5) is 39.3. The summed E-state index contributed by atoms with van der Waals surface area (Å²) in [6.07, 6.45) is 6.43. The van der Waals surface area contributed by atoms with Gasteiger partial charge in [-0.1, -0.05) is 45.0 Å². The molecule has 1 aliphatic heterocycles. The van der Waals surface area contributed by atoms with Crippen molar-refractivity contribution in [2.24, 2.45) is 0 Å². The van der Waals surface area contributed by atoms with Crippen LogP contribution in [0.1, 0.15) is 36.7 Å². The molecule has 0 aromatic heterocycles. The normalized spacial score (nSPS) is 13.4. The molecule has 7 nitrogen and oxygen atoms in total. The molecule has 1 N–H and O–H groups in total. The number of nitrogens with zero attached hydrogens (tertiary/aromatic N) is 1. The molecule has 0 aliphatic carbocycles. The fourth-order valence-corrected chi connectivity index (χ4v) is 3.42. The van der Waals surface area contributed by atoms with Crippen LogP contribution in [0.2, 0.25) is 0 Å². The Morgan fingerprint density at radius 2 is 1.56 bits per heavy atom. The highest BCUT2D eigenvalue weighted by atomic mass is 16.5. The monoisotopic (exact) mass is 460 g/mol. The van der Waals surface area contributed by atoms with Crippen molar-refractivity contribution < 1.29 is 23.9 Å². The number of anilines is 2. The van der Waals surface area contributed by atoms with Gasteiger partial charge < -0.3 is 19.7 Å². The summed E-state index contributed by atoms with van der Waals surface area (Å²) in [7, 11) is 2.48. The minimum absolute atomic E-state index is 0.000551. The highest BCUT2D eigenvalue weighted by molar-refractivity contribution is 6.06. The Morgan fingerprint density at radius 3 is 2.18 bits per heavy atom. The lowest BCUT2D eigenvalue weighted by molar-refractivity contribution is -0.139. The molecule has 0 spiro atoms. The van der Waals surface area contributed by atoms with E-state index in [1.807, 2.05) is 12.1 Å². The lowest BCUT2D eigenvalue weighted by atomic mass is 9.87. The summed E-state index contributed by atoms with van der Waals surface area (Å²) in [6.45, 7) is 6.34. The van der Waals surface area contributed by atoms with Gasteiger partial charge in [0, 0.05) is 23.1 Å². The van der Waals surface area contributed by atoms with Gasteiger partial charge in [-0.2, -0.15) is 0 Å². The molecule has 0 fully saturated rings. The van der Waals surface area contributed by atoms with E-state index in [4.69, 9.17) is 9.47 Å². The molecule has 0 saturated heterocycles. The van der Waals surface area contributed by atoms with Crippen molar-refractivity contribution in [2.75, 3.05) is 24.4 Å². The number of carbonyl (C=O) groups excluding carboxylic acids is 3. The van der Waals surface area contributed by atoms with E-state index < -0.39 is 11.9 Å². The van der Waals surface area contributed by atoms with Gasteiger partial charge in [-0.25, -0.2) is 9.59 Å². The Balaban J connectivity index is 1.92. The van der Waals surface area contributed by atoms with Crippen LogP contribution in [-0.4, -0.2) is 32.1 Å². The first-order valence-corrected chi connectivity index (χ1v) is 10.7. The molecule has 0 unspecified atom stereocenters. The standard InChI is InChI=1S/C27H28N2O5/c1-27(2,3)19-14-12-18(13-15-19)24(30)28-20-9-8-10-21(17-20)29-16-7-6-11-22(25(31)33-4)23(29)26(32)34-5/h6-17H,1-5H3,(H,28,30). The van der Waals surface area contributed by atoms with Crippen molar-refractivity contribution in [1.29, 1.82) is 0 Å². The predicted octanol–water partition coefficient (Wildman–Crippen LogP) is 4.73. The zero-order valence-corrected chi connectivity index (χ0v) is 19.9. The average Bonchev–Trinajstić information content (AvgIpc) is 3.06. The minimum Gasteiger partial charge on any atom is -0.465 e. The number of benzene rings is 2. The lowest BCUT2D eigenvalue weighted by Gasteiger charge is -2.23. The average molecular weight is 461 g/mol. The number of carbonyl (C=O) groups is 3. The Labute approximate surface area is 199 Å². The Morgan fingerprint density at radius 1 is 0.882 bits per heavy atom. The number of amides is 1. The Hall–Kier alpha value is -4.13. The number of rotatable bonds is 5. The summed E-state index contributed by atoms with van der Waals surface area (Å²) in [5.74, 6) is -1.64. The highest BCUT2D eigenvalue weighted by Crippen LogP contribution is 2.29. The van der Waals surface area contributed by atoms with Crippen molar-refractivity contribution >= 4 is 29.2 Å². The van der Waals surface area contributed by atoms with Gasteiger partial charge in [-0.05, 0) is 53.5 Å². The number of esters is 2. The van der Waals surface area contributed by atoms with Crippen LogP contribution in [0.3, 0.4) is 0 Å². The quantitative estimate of drug-likeness (QED) is 0.650. The third kappa shape index (κ3) is 5.43. The maximum absolute atomic E-state index is 12.8. The largest absolute Gasteiger partial charge is 0.465 e. The van der Waals surface area contributed by atoms with Gasteiger partial charge in [0.1, 0.15) is 5.70 Å². The van der Waals surface area contributed by atoms with Crippen LogP contribution >= 0.6 is 0 Å². The van der Waals surface area contributed by atoms with E-state index in [1.54, 1.807) is 54.8 Å². The summed E-state index contributed by atoms with van der Waals surface area (Å²) < 4.78 is 9.77. The van der Waals surface area contributed by atoms with Crippen LogP contribution in [0.5, 0.6) is 0 Å². The Bertz CT molecular complexity index is 1180. The molecule has 3 rings (SSSR count). The van der Waals surface area contributed by atoms with Gasteiger partial charge in [0.05, 0.1) is 19.8 Å². The first-order valence-electron chi connectivity index (χ1n) is 10.7. The fraction of sp³-hybridized carbons (Fsp3) is 0.222. The molecule has 2 aromatic rings. The summed E-state index contributed by atoms with van der Waals surface area (Å²) in [5, 5.41) is 2.89.